The number of fused-ring (bicyclic) bond motifs is 1. The Morgan fingerprint density at radius 1 is 1.29 bits per heavy atom. The van der Waals surface area contributed by atoms with Crippen LogP contribution in [0.5, 0.6) is 0 Å². The fourth-order valence-electron chi connectivity index (χ4n) is 3.32. The van der Waals surface area contributed by atoms with Gasteiger partial charge in [-0.1, -0.05) is 0 Å². The second kappa shape index (κ2) is 8.32. The lowest BCUT2D eigenvalue weighted by Gasteiger charge is -2.32. The van der Waals surface area contributed by atoms with Gasteiger partial charge < -0.3 is 5.32 Å². The van der Waals surface area contributed by atoms with Crippen molar-refractivity contribution in [3.63, 3.8) is 0 Å². The summed E-state index contributed by atoms with van der Waals surface area (Å²) < 4.78 is 26.4. The molecule has 0 saturated heterocycles. The maximum atomic E-state index is 12.5. The molecule has 0 unspecified atom stereocenters. The van der Waals surface area contributed by atoms with Gasteiger partial charge in [0, 0.05) is 36.2 Å². The van der Waals surface area contributed by atoms with E-state index in [1.807, 2.05) is 13.8 Å². The van der Waals surface area contributed by atoms with Gasteiger partial charge in [-0.3, -0.25) is 9.69 Å². The average Bonchev–Trinajstić information content (AvgIpc) is 3.13. The van der Waals surface area contributed by atoms with Gasteiger partial charge in [-0.05, 0) is 68.5 Å². The number of amides is 1. The molecule has 1 N–H and O–H groups in total. The zero-order valence-electron chi connectivity index (χ0n) is 16.7. The van der Waals surface area contributed by atoms with Gasteiger partial charge in [0.2, 0.25) is 15.9 Å². The van der Waals surface area contributed by atoms with Crippen molar-refractivity contribution in [1.29, 1.82) is 0 Å². The monoisotopic (exact) mass is 421 g/mol. The molecule has 152 valence electrons. The molecule has 0 radical (unpaired) electrons. The van der Waals surface area contributed by atoms with E-state index in [-0.39, 0.29) is 22.9 Å². The van der Waals surface area contributed by atoms with Gasteiger partial charge in [-0.2, -0.15) is 4.31 Å². The molecule has 0 fully saturated rings. The van der Waals surface area contributed by atoms with Gasteiger partial charge in [0.15, 0.2) is 0 Å². The van der Waals surface area contributed by atoms with E-state index >= 15 is 0 Å². The minimum atomic E-state index is -3.52. The van der Waals surface area contributed by atoms with E-state index in [9.17, 15) is 13.2 Å². The zero-order chi connectivity index (χ0) is 20.5. The third-order valence-electron chi connectivity index (χ3n) is 5.29. The molecule has 1 aliphatic rings. The number of carbonyl (C=O) groups is 1. The van der Waals surface area contributed by atoms with E-state index in [0.717, 1.165) is 13.0 Å². The largest absolute Gasteiger partial charge is 0.325 e. The summed E-state index contributed by atoms with van der Waals surface area (Å²) in [6.45, 7) is 6.95. The third kappa shape index (κ3) is 4.30. The molecule has 1 atom stereocenters. The molecular weight excluding hydrogens is 394 g/mol. The highest BCUT2D eigenvalue weighted by molar-refractivity contribution is 7.89. The number of thiophene rings is 1. The Morgan fingerprint density at radius 2 is 1.96 bits per heavy atom. The molecule has 2 heterocycles. The predicted octanol–water partition coefficient (Wildman–Crippen LogP) is 3.33. The fourth-order valence-corrected chi connectivity index (χ4v) is 5.65. The average molecular weight is 422 g/mol. The van der Waals surface area contributed by atoms with Crippen molar-refractivity contribution >= 4 is 33.0 Å². The van der Waals surface area contributed by atoms with Gasteiger partial charge in [0.1, 0.15) is 0 Å². The first-order valence-electron chi connectivity index (χ1n) is 9.38. The molecule has 1 aromatic heterocycles. The van der Waals surface area contributed by atoms with Crippen LogP contribution >= 0.6 is 11.3 Å². The van der Waals surface area contributed by atoms with E-state index in [2.05, 4.69) is 28.6 Å². The lowest BCUT2D eigenvalue weighted by atomic mass is 10.0. The molecule has 0 aliphatic carbocycles. The quantitative estimate of drug-likeness (QED) is 0.777. The molecule has 1 aliphatic heterocycles. The molecule has 2 aromatic rings. The summed E-state index contributed by atoms with van der Waals surface area (Å²) in [5, 5.41) is 4.98. The molecule has 1 amide bonds. The van der Waals surface area contributed by atoms with Gasteiger partial charge in [-0.25, -0.2) is 8.42 Å². The van der Waals surface area contributed by atoms with Crippen LogP contribution in [0, 0.1) is 0 Å². The highest BCUT2D eigenvalue weighted by Gasteiger charge is 2.26. The Morgan fingerprint density at radius 3 is 2.61 bits per heavy atom. The molecule has 28 heavy (non-hydrogen) atoms. The summed E-state index contributed by atoms with van der Waals surface area (Å²) in [6.07, 6.45) is 0.973. The Bertz CT molecular complexity index is 936. The number of benzene rings is 1. The van der Waals surface area contributed by atoms with Gasteiger partial charge in [0.25, 0.3) is 0 Å². The Kier molecular flexibility index (Phi) is 6.24. The van der Waals surface area contributed by atoms with Crippen molar-refractivity contribution in [2.45, 2.75) is 44.2 Å². The van der Waals surface area contributed by atoms with Crippen LogP contribution in [0.3, 0.4) is 0 Å². The number of nitrogens with one attached hydrogen (secondary N) is 1. The number of hydrogen-bond donors (Lipinski definition) is 1. The smallest absolute Gasteiger partial charge is 0.243 e. The summed E-state index contributed by atoms with van der Waals surface area (Å²) in [5.74, 6) is -0.0968. The standard InChI is InChI=1S/C20H27N3O3S2/c1-14(2)22(4)28(25,26)17-7-5-16(6-8-17)21-20(24)13-23-11-9-19-18(15(23)3)10-12-27-19/h5-8,10,12,14-15H,9,11,13H2,1-4H3,(H,21,24)/t15-/m1/s1. The fraction of sp³-hybridized carbons (Fsp3) is 0.450. The second-order valence-corrected chi connectivity index (χ2v) is 10.4. The number of nitrogens with zero attached hydrogens (tertiary/aromatic N) is 2. The van der Waals surface area contributed by atoms with Crippen molar-refractivity contribution in [3.8, 4) is 0 Å². The zero-order valence-corrected chi connectivity index (χ0v) is 18.3. The van der Waals surface area contributed by atoms with Gasteiger partial charge in [-0.15, -0.1) is 11.3 Å². The molecule has 8 heteroatoms. The minimum absolute atomic E-state index is 0.0968. The maximum absolute atomic E-state index is 12.5. The van der Waals surface area contributed by atoms with E-state index in [4.69, 9.17) is 0 Å². The molecular formula is C20H27N3O3S2. The Labute approximate surface area is 171 Å². The lowest BCUT2D eigenvalue weighted by molar-refractivity contribution is -0.117. The maximum Gasteiger partial charge on any atom is 0.243 e. The van der Waals surface area contributed by atoms with Crippen LogP contribution in [-0.2, 0) is 21.2 Å². The SMILES string of the molecule is CC(C)N(C)S(=O)(=O)c1ccc(NC(=O)CN2CCc3sccc3[C@H]2C)cc1. The lowest BCUT2D eigenvalue weighted by Crippen LogP contribution is -2.39. The second-order valence-electron chi connectivity index (χ2n) is 7.38. The molecule has 1 aromatic carbocycles. The van der Waals surface area contributed by atoms with Crippen molar-refractivity contribution in [2.75, 3.05) is 25.5 Å². The first kappa shape index (κ1) is 21.0. The normalized spacial score (nSPS) is 17.7. The highest BCUT2D eigenvalue weighted by atomic mass is 32.2. The molecule has 6 nitrogen and oxygen atoms in total. The van der Waals surface area contributed by atoms with Crippen molar-refractivity contribution in [3.05, 3.63) is 46.2 Å². The first-order valence-corrected chi connectivity index (χ1v) is 11.7. The summed E-state index contributed by atoms with van der Waals surface area (Å²) in [5.41, 5.74) is 1.91. The number of rotatable bonds is 6. The summed E-state index contributed by atoms with van der Waals surface area (Å²) >= 11 is 1.78. The van der Waals surface area contributed by atoms with Crippen LogP contribution in [0.15, 0.2) is 40.6 Å². The predicted molar refractivity (Wildman–Crippen MR) is 113 cm³/mol. The molecule has 0 spiro atoms. The summed E-state index contributed by atoms with van der Waals surface area (Å²) in [6, 6.07) is 8.57. The third-order valence-corrected chi connectivity index (χ3v) is 8.34. The van der Waals surface area contributed by atoms with E-state index in [1.165, 1.54) is 26.9 Å². The van der Waals surface area contributed by atoms with Crippen LogP contribution in [-0.4, -0.2) is 49.7 Å². The molecule has 0 bridgehead atoms. The Balaban J connectivity index is 1.62. The highest BCUT2D eigenvalue weighted by Crippen LogP contribution is 2.32. The van der Waals surface area contributed by atoms with Crippen LogP contribution in [0.1, 0.15) is 37.3 Å². The number of anilines is 1. The minimum Gasteiger partial charge on any atom is -0.325 e. The molecule has 3 rings (SSSR count). The van der Waals surface area contributed by atoms with E-state index in [1.54, 1.807) is 30.5 Å². The van der Waals surface area contributed by atoms with E-state index in [0.29, 0.717) is 12.2 Å². The van der Waals surface area contributed by atoms with Crippen molar-refractivity contribution in [2.24, 2.45) is 0 Å². The summed E-state index contributed by atoms with van der Waals surface area (Å²) in [4.78, 5) is 16.3. The van der Waals surface area contributed by atoms with Gasteiger partial charge >= 0.3 is 0 Å². The number of hydrogen-bond acceptors (Lipinski definition) is 5. The van der Waals surface area contributed by atoms with Gasteiger partial charge in [0.05, 0.1) is 11.4 Å². The van der Waals surface area contributed by atoms with Crippen LogP contribution in [0.25, 0.3) is 0 Å². The Hall–Kier alpha value is -1.74. The molecule has 0 saturated carbocycles. The van der Waals surface area contributed by atoms with Crippen molar-refractivity contribution < 1.29 is 13.2 Å². The topological polar surface area (TPSA) is 69.7 Å². The van der Waals surface area contributed by atoms with E-state index < -0.39 is 10.0 Å². The van der Waals surface area contributed by atoms with Crippen LogP contribution in [0.4, 0.5) is 5.69 Å². The van der Waals surface area contributed by atoms with Crippen LogP contribution < -0.4 is 5.32 Å². The summed E-state index contributed by atoms with van der Waals surface area (Å²) in [7, 11) is -1.96. The first-order chi connectivity index (χ1) is 13.2. The number of carbonyl (C=O) groups excluding carboxylic acids is 1. The number of sulfonamides is 1. The van der Waals surface area contributed by atoms with Crippen molar-refractivity contribution in [1.82, 2.24) is 9.21 Å². The van der Waals surface area contributed by atoms with Crippen LogP contribution in [0.2, 0.25) is 0 Å².